The average Bonchev–Trinajstić information content (AvgIpc) is 2.38. The summed E-state index contributed by atoms with van der Waals surface area (Å²) in [7, 11) is -2.74. The van der Waals surface area contributed by atoms with Gasteiger partial charge in [0.2, 0.25) is 0 Å². The van der Waals surface area contributed by atoms with Crippen LogP contribution in [0.1, 0.15) is 32.1 Å². The molecule has 2 spiro atoms. The molecular formula is C13H24NO3S+. The van der Waals surface area contributed by atoms with Crippen LogP contribution in [0.4, 0.5) is 0 Å². The van der Waals surface area contributed by atoms with Crippen molar-refractivity contribution in [1.29, 1.82) is 0 Å². The molecule has 0 unspecified atom stereocenters. The topological polar surface area (TPSA) is 43.4 Å². The molecule has 0 aromatic heterocycles. The minimum absolute atomic E-state index is 0.151. The Balaban J connectivity index is 1.63. The Morgan fingerprint density at radius 2 is 1.56 bits per heavy atom. The summed E-state index contributed by atoms with van der Waals surface area (Å²) in [6.45, 7) is 4.83. The molecule has 0 aliphatic carbocycles. The van der Waals surface area contributed by atoms with Crippen LogP contribution in [0.15, 0.2) is 0 Å². The van der Waals surface area contributed by atoms with Gasteiger partial charge in [-0.2, -0.15) is 0 Å². The third-order valence-electron chi connectivity index (χ3n) is 5.27. The fourth-order valence-electron chi connectivity index (χ4n) is 3.75. The van der Waals surface area contributed by atoms with Gasteiger partial charge in [0.1, 0.15) is 0 Å². The molecule has 0 bridgehead atoms. The normalized spacial score (nSPS) is 33.6. The summed E-state index contributed by atoms with van der Waals surface area (Å²) >= 11 is 0. The first-order valence-corrected chi connectivity index (χ1v) is 9.05. The highest BCUT2D eigenvalue weighted by atomic mass is 32.2. The van der Waals surface area contributed by atoms with E-state index >= 15 is 0 Å². The number of sulfone groups is 1. The van der Waals surface area contributed by atoms with Crippen LogP contribution in [-0.2, 0) is 14.6 Å². The Morgan fingerprint density at radius 1 is 0.889 bits per heavy atom. The van der Waals surface area contributed by atoms with Gasteiger partial charge in [0, 0.05) is 19.4 Å². The predicted octanol–water partition coefficient (Wildman–Crippen LogP) is 0.965. The Hall–Kier alpha value is -0.130. The Labute approximate surface area is 110 Å². The van der Waals surface area contributed by atoms with Gasteiger partial charge in [0.25, 0.3) is 0 Å². The van der Waals surface area contributed by atoms with Gasteiger partial charge in [-0.25, -0.2) is 8.42 Å². The summed E-state index contributed by atoms with van der Waals surface area (Å²) < 4.78 is 30.2. The molecule has 4 nitrogen and oxygen atoms in total. The van der Waals surface area contributed by atoms with Crippen LogP contribution in [0.5, 0.6) is 0 Å². The molecule has 3 heterocycles. The molecule has 3 aliphatic heterocycles. The first-order valence-electron chi connectivity index (χ1n) is 7.23. The van der Waals surface area contributed by atoms with Crippen molar-refractivity contribution in [3.05, 3.63) is 0 Å². The molecule has 18 heavy (non-hydrogen) atoms. The fourth-order valence-corrected chi connectivity index (χ4v) is 5.28. The lowest BCUT2D eigenvalue weighted by Crippen LogP contribution is -2.63. The number of nitrogens with zero attached hydrogens (tertiary/aromatic N) is 1. The highest BCUT2D eigenvalue weighted by Gasteiger charge is 2.46. The van der Waals surface area contributed by atoms with Gasteiger partial charge in [-0.15, -0.1) is 0 Å². The van der Waals surface area contributed by atoms with Gasteiger partial charge < -0.3 is 9.22 Å². The van der Waals surface area contributed by atoms with Crippen molar-refractivity contribution >= 4 is 9.84 Å². The van der Waals surface area contributed by atoms with Crippen LogP contribution in [0.25, 0.3) is 0 Å². The molecule has 3 fully saturated rings. The van der Waals surface area contributed by atoms with Crippen molar-refractivity contribution in [2.24, 2.45) is 0 Å². The second-order valence-electron chi connectivity index (χ2n) is 6.38. The molecule has 0 atom stereocenters. The number of rotatable bonds is 0. The van der Waals surface area contributed by atoms with Gasteiger partial charge in [-0.1, -0.05) is 0 Å². The van der Waals surface area contributed by atoms with E-state index in [1.54, 1.807) is 0 Å². The lowest BCUT2D eigenvalue weighted by Gasteiger charge is -2.50. The van der Waals surface area contributed by atoms with Crippen molar-refractivity contribution in [3.8, 4) is 0 Å². The maximum atomic E-state index is 11.5. The summed E-state index contributed by atoms with van der Waals surface area (Å²) in [6.07, 6.45) is 5.99. The molecule has 0 radical (unpaired) electrons. The van der Waals surface area contributed by atoms with Crippen molar-refractivity contribution in [3.63, 3.8) is 0 Å². The van der Waals surface area contributed by atoms with E-state index in [0.717, 1.165) is 50.1 Å². The van der Waals surface area contributed by atoms with Crippen molar-refractivity contribution in [2.75, 3.05) is 44.3 Å². The Kier molecular flexibility index (Phi) is 3.19. The van der Waals surface area contributed by atoms with E-state index in [-0.39, 0.29) is 5.60 Å². The first kappa shape index (κ1) is 12.9. The highest BCUT2D eigenvalue weighted by Crippen LogP contribution is 2.37. The van der Waals surface area contributed by atoms with E-state index in [0.29, 0.717) is 11.5 Å². The Morgan fingerprint density at radius 3 is 2.11 bits per heavy atom. The zero-order valence-corrected chi connectivity index (χ0v) is 11.9. The average molecular weight is 274 g/mol. The number of hydrogen-bond donors (Lipinski definition) is 0. The maximum Gasteiger partial charge on any atom is 0.161 e. The SMILES string of the molecule is O=S1(=O)CC[N+]2(CCC3(CCCCO3)CC2)CC1. The first-order chi connectivity index (χ1) is 8.54. The van der Waals surface area contributed by atoms with Gasteiger partial charge >= 0.3 is 0 Å². The fraction of sp³-hybridized carbons (Fsp3) is 1.00. The third kappa shape index (κ3) is 2.45. The van der Waals surface area contributed by atoms with Gasteiger partial charge in [0.15, 0.2) is 9.84 Å². The quantitative estimate of drug-likeness (QED) is 0.618. The Bertz CT molecular complexity index is 386. The molecule has 0 saturated carbocycles. The van der Waals surface area contributed by atoms with Gasteiger partial charge in [-0.05, 0) is 19.3 Å². The minimum atomic E-state index is -2.74. The molecule has 3 aliphatic rings. The second-order valence-corrected chi connectivity index (χ2v) is 8.68. The molecule has 0 amide bonds. The van der Waals surface area contributed by atoms with E-state index < -0.39 is 9.84 Å². The van der Waals surface area contributed by atoms with Crippen LogP contribution >= 0.6 is 0 Å². The summed E-state index contributed by atoms with van der Waals surface area (Å²) in [5.41, 5.74) is 0.151. The summed E-state index contributed by atoms with van der Waals surface area (Å²) in [4.78, 5) is 0. The zero-order chi connectivity index (χ0) is 12.7. The second kappa shape index (κ2) is 4.46. The number of ether oxygens (including phenoxy) is 1. The lowest BCUT2D eigenvalue weighted by atomic mass is 9.83. The predicted molar refractivity (Wildman–Crippen MR) is 70.2 cm³/mol. The molecule has 0 N–H and O–H groups in total. The van der Waals surface area contributed by atoms with E-state index in [9.17, 15) is 8.42 Å². The van der Waals surface area contributed by atoms with Crippen molar-refractivity contribution in [1.82, 2.24) is 0 Å². The van der Waals surface area contributed by atoms with E-state index in [1.807, 2.05) is 0 Å². The number of hydrogen-bond acceptors (Lipinski definition) is 3. The molecule has 5 heteroatoms. The van der Waals surface area contributed by atoms with Crippen LogP contribution in [0.3, 0.4) is 0 Å². The monoisotopic (exact) mass is 274 g/mol. The van der Waals surface area contributed by atoms with E-state index in [1.165, 1.54) is 19.3 Å². The minimum Gasteiger partial charge on any atom is -0.375 e. The highest BCUT2D eigenvalue weighted by molar-refractivity contribution is 7.91. The summed E-state index contributed by atoms with van der Waals surface area (Å²) in [6, 6.07) is 0. The summed E-state index contributed by atoms with van der Waals surface area (Å²) in [5.74, 6) is 0.779. The van der Waals surface area contributed by atoms with E-state index in [2.05, 4.69) is 0 Å². The maximum absolute atomic E-state index is 11.5. The van der Waals surface area contributed by atoms with Crippen LogP contribution in [0, 0.1) is 0 Å². The molecule has 3 saturated heterocycles. The largest absolute Gasteiger partial charge is 0.375 e. The standard InChI is InChI=1S/C13H24NO3S/c15-18(16)11-8-14(9-12-18)6-4-13(5-7-14)3-1-2-10-17-13/h1-12H2/q+1. The molecule has 0 aromatic carbocycles. The van der Waals surface area contributed by atoms with Crippen molar-refractivity contribution in [2.45, 2.75) is 37.7 Å². The molecule has 0 aromatic rings. The van der Waals surface area contributed by atoms with Crippen LogP contribution in [0.2, 0.25) is 0 Å². The van der Waals surface area contributed by atoms with Crippen LogP contribution < -0.4 is 0 Å². The smallest absolute Gasteiger partial charge is 0.161 e. The van der Waals surface area contributed by atoms with Crippen LogP contribution in [-0.4, -0.2) is 62.8 Å². The zero-order valence-electron chi connectivity index (χ0n) is 11.1. The molecule has 3 rings (SSSR count). The molecular weight excluding hydrogens is 250 g/mol. The lowest BCUT2D eigenvalue weighted by molar-refractivity contribution is -0.931. The van der Waals surface area contributed by atoms with Gasteiger partial charge in [-0.3, -0.25) is 0 Å². The number of piperidine rings is 1. The third-order valence-corrected chi connectivity index (χ3v) is 6.88. The number of quaternary nitrogens is 1. The van der Waals surface area contributed by atoms with E-state index in [4.69, 9.17) is 4.74 Å². The van der Waals surface area contributed by atoms with Crippen molar-refractivity contribution < 1.29 is 17.6 Å². The molecule has 104 valence electrons. The van der Waals surface area contributed by atoms with Gasteiger partial charge in [0.05, 0.1) is 43.3 Å². The summed E-state index contributed by atoms with van der Waals surface area (Å²) in [5, 5.41) is 0.